The number of carbonyl (C=O) groups excluding carboxylic acids is 3. The number of amides is 4. The predicted octanol–water partition coefficient (Wildman–Crippen LogP) is 0.363. The molecule has 0 unspecified atom stereocenters. The van der Waals surface area contributed by atoms with Crippen LogP contribution in [0.1, 0.15) is 18.9 Å². The molecule has 0 radical (unpaired) electrons. The number of barbiturate groups is 1. The number of hydrogen-bond donors (Lipinski definition) is 2. The fourth-order valence-corrected chi connectivity index (χ4v) is 2.31. The van der Waals surface area contributed by atoms with E-state index in [9.17, 15) is 14.4 Å². The largest absolute Gasteiger partial charge is 0.376 e. The Labute approximate surface area is 110 Å². The number of aliphatic hydroxyl groups is 1. The molecule has 2 rings (SSSR count). The number of nitrogens with zero attached hydrogens (tertiary/aromatic N) is 1. The minimum absolute atomic E-state index is 0.200. The smallest absolute Gasteiger partial charge is 0.332 e. The second-order valence-electron chi connectivity index (χ2n) is 4.26. The quantitative estimate of drug-likeness (QED) is 0.770. The zero-order chi connectivity index (χ0) is 14.0. The highest BCUT2D eigenvalue weighted by Gasteiger charge is 2.53. The Hall–Kier alpha value is -2.21. The number of urea groups is 1. The Balaban J connectivity index is 2.57. The molecule has 6 heteroatoms. The third kappa shape index (κ3) is 1.80. The number of rotatable bonds is 3. The SMILES string of the molecule is CC[C@@]1(c2ccccc2)C(=O)NC(=O)N(CO)C1=O. The van der Waals surface area contributed by atoms with Gasteiger partial charge in [0.1, 0.15) is 6.73 Å². The van der Waals surface area contributed by atoms with Crippen molar-refractivity contribution in [3.63, 3.8) is 0 Å². The molecule has 1 aromatic carbocycles. The number of benzene rings is 1. The van der Waals surface area contributed by atoms with Crippen LogP contribution in [0.4, 0.5) is 4.79 Å². The summed E-state index contributed by atoms with van der Waals surface area (Å²) in [4.78, 5) is 36.7. The lowest BCUT2D eigenvalue weighted by Gasteiger charge is -2.38. The zero-order valence-electron chi connectivity index (χ0n) is 10.4. The van der Waals surface area contributed by atoms with Gasteiger partial charge in [0.25, 0.3) is 5.91 Å². The van der Waals surface area contributed by atoms with E-state index in [1.807, 2.05) is 0 Å². The van der Waals surface area contributed by atoms with Crippen LogP contribution >= 0.6 is 0 Å². The Kier molecular flexibility index (Phi) is 3.35. The van der Waals surface area contributed by atoms with E-state index in [2.05, 4.69) is 5.32 Å². The molecule has 1 saturated heterocycles. The van der Waals surface area contributed by atoms with Crippen molar-refractivity contribution in [2.24, 2.45) is 0 Å². The normalized spacial score (nSPS) is 23.5. The molecule has 1 heterocycles. The minimum Gasteiger partial charge on any atom is -0.376 e. The second-order valence-corrected chi connectivity index (χ2v) is 4.26. The average molecular weight is 262 g/mol. The molecular weight excluding hydrogens is 248 g/mol. The number of hydrogen-bond acceptors (Lipinski definition) is 4. The third-order valence-corrected chi connectivity index (χ3v) is 3.40. The van der Waals surface area contributed by atoms with Crippen molar-refractivity contribution in [1.29, 1.82) is 0 Å². The summed E-state index contributed by atoms with van der Waals surface area (Å²) in [5.41, 5.74) is -0.955. The van der Waals surface area contributed by atoms with Gasteiger partial charge in [-0.15, -0.1) is 0 Å². The number of nitrogens with one attached hydrogen (secondary N) is 1. The summed E-state index contributed by atoms with van der Waals surface area (Å²) in [5, 5.41) is 11.2. The topological polar surface area (TPSA) is 86.7 Å². The Morgan fingerprint density at radius 3 is 2.37 bits per heavy atom. The van der Waals surface area contributed by atoms with Crippen molar-refractivity contribution in [3.8, 4) is 0 Å². The van der Waals surface area contributed by atoms with E-state index >= 15 is 0 Å². The summed E-state index contributed by atoms with van der Waals surface area (Å²) < 4.78 is 0. The summed E-state index contributed by atoms with van der Waals surface area (Å²) in [6, 6.07) is 7.63. The van der Waals surface area contributed by atoms with E-state index in [1.54, 1.807) is 37.3 Å². The molecule has 6 nitrogen and oxygen atoms in total. The fourth-order valence-electron chi connectivity index (χ4n) is 2.31. The van der Waals surface area contributed by atoms with Gasteiger partial charge in [-0.3, -0.25) is 14.9 Å². The van der Waals surface area contributed by atoms with Gasteiger partial charge in [0, 0.05) is 0 Å². The van der Waals surface area contributed by atoms with Gasteiger partial charge >= 0.3 is 6.03 Å². The molecule has 1 aliphatic rings. The summed E-state index contributed by atoms with van der Waals surface area (Å²) in [7, 11) is 0. The first-order valence-corrected chi connectivity index (χ1v) is 5.91. The summed E-state index contributed by atoms with van der Waals surface area (Å²) in [6.45, 7) is 0.933. The maximum atomic E-state index is 12.4. The van der Waals surface area contributed by atoms with E-state index in [-0.39, 0.29) is 6.42 Å². The Morgan fingerprint density at radius 2 is 1.84 bits per heavy atom. The van der Waals surface area contributed by atoms with E-state index < -0.39 is 30.0 Å². The van der Waals surface area contributed by atoms with Gasteiger partial charge in [-0.25, -0.2) is 9.69 Å². The van der Waals surface area contributed by atoms with Crippen LogP contribution in [0, 0.1) is 0 Å². The molecule has 0 aromatic heterocycles. The standard InChI is InChI=1S/C13H14N2O4/c1-2-13(9-6-4-3-5-7-9)10(17)14-12(19)15(8-16)11(13)18/h3-7,16H,2,8H2,1H3,(H,14,17,19)/t13-/m1/s1. The molecule has 1 atom stereocenters. The van der Waals surface area contributed by atoms with Crippen LogP contribution in [-0.4, -0.2) is 34.6 Å². The Bertz CT molecular complexity index is 529. The van der Waals surface area contributed by atoms with E-state index in [0.29, 0.717) is 10.5 Å². The van der Waals surface area contributed by atoms with Crippen LogP contribution in [0.25, 0.3) is 0 Å². The molecule has 1 aromatic rings. The average Bonchev–Trinajstić information content (AvgIpc) is 2.41. The summed E-state index contributed by atoms with van der Waals surface area (Å²) >= 11 is 0. The van der Waals surface area contributed by atoms with Gasteiger partial charge in [-0.2, -0.15) is 0 Å². The second kappa shape index (κ2) is 4.81. The third-order valence-electron chi connectivity index (χ3n) is 3.40. The lowest BCUT2D eigenvalue weighted by Crippen LogP contribution is -2.65. The van der Waals surface area contributed by atoms with Crippen molar-refractivity contribution in [3.05, 3.63) is 35.9 Å². The van der Waals surface area contributed by atoms with Crippen molar-refractivity contribution < 1.29 is 19.5 Å². The number of imide groups is 2. The highest BCUT2D eigenvalue weighted by Crippen LogP contribution is 2.33. The van der Waals surface area contributed by atoms with E-state index in [0.717, 1.165) is 0 Å². The van der Waals surface area contributed by atoms with Gasteiger partial charge in [0.05, 0.1) is 0 Å². The minimum atomic E-state index is -1.46. The maximum absolute atomic E-state index is 12.4. The molecule has 4 amide bonds. The van der Waals surface area contributed by atoms with Crippen LogP contribution in [0.2, 0.25) is 0 Å². The predicted molar refractivity (Wildman–Crippen MR) is 65.9 cm³/mol. The highest BCUT2D eigenvalue weighted by atomic mass is 16.3. The van der Waals surface area contributed by atoms with E-state index in [4.69, 9.17) is 5.11 Å². The van der Waals surface area contributed by atoms with Crippen LogP contribution < -0.4 is 5.32 Å². The fraction of sp³-hybridized carbons (Fsp3) is 0.308. The molecular formula is C13H14N2O4. The van der Waals surface area contributed by atoms with Gasteiger partial charge < -0.3 is 5.11 Å². The molecule has 1 aliphatic heterocycles. The van der Waals surface area contributed by atoms with Gasteiger partial charge in [0.2, 0.25) is 5.91 Å². The van der Waals surface area contributed by atoms with Crippen molar-refractivity contribution in [1.82, 2.24) is 10.2 Å². The first kappa shape index (κ1) is 13.2. The van der Waals surface area contributed by atoms with Gasteiger partial charge in [-0.05, 0) is 12.0 Å². The molecule has 100 valence electrons. The van der Waals surface area contributed by atoms with Crippen LogP contribution in [0.3, 0.4) is 0 Å². The molecule has 0 saturated carbocycles. The Morgan fingerprint density at radius 1 is 1.21 bits per heavy atom. The summed E-state index contributed by atoms with van der Waals surface area (Å²) in [6.07, 6.45) is 0.200. The van der Waals surface area contributed by atoms with Crippen LogP contribution in [0.5, 0.6) is 0 Å². The molecule has 0 aliphatic carbocycles. The molecule has 2 N–H and O–H groups in total. The zero-order valence-corrected chi connectivity index (χ0v) is 10.4. The van der Waals surface area contributed by atoms with Gasteiger partial charge in [-0.1, -0.05) is 37.3 Å². The first-order chi connectivity index (χ1) is 9.07. The number of aliphatic hydroxyl groups excluding tert-OH is 1. The van der Waals surface area contributed by atoms with E-state index in [1.165, 1.54) is 0 Å². The van der Waals surface area contributed by atoms with Crippen LogP contribution in [-0.2, 0) is 15.0 Å². The molecule has 0 spiro atoms. The number of carbonyl (C=O) groups is 3. The van der Waals surface area contributed by atoms with Crippen molar-refractivity contribution in [2.45, 2.75) is 18.8 Å². The molecule has 0 bridgehead atoms. The monoisotopic (exact) mass is 262 g/mol. The summed E-state index contributed by atoms with van der Waals surface area (Å²) in [5.74, 6) is -1.35. The first-order valence-electron chi connectivity index (χ1n) is 5.91. The lowest BCUT2D eigenvalue weighted by molar-refractivity contribution is -0.147. The highest BCUT2D eigenvalue weighted by molar-refractivity contribution is 6.22. The van der Waals surface area contributed by atoms with Crippen molar-refractivity contribution >= 4 is 17.8 Å². The van der Waals surface area contributed by atoms with Gasteiger partial charge in [0.15, 0.2) is 5.41 Å². The van der Waals surface area contributed by atoms with Crippen LogP contribution in [0.15, 0.2) is 30.3 Å². The van der Waals surface area contributed by atoms with Crippen molar-refractivity contribution in [2.75, 3.05) is 6.73 Å². The maximum Gasteiger partial charge on any atom is 0.332 e. The molecule has 19 heavy (non-hydrogen) atoms. The molecule has 1 fully saturated rings. The lowest BCUT2D eigenvalue weighted by atomic mass is 9.75.